The second-order valence-corrected chi connectivity index (χ2v) is 5.89. The molecule has 3 aromatic rings. The summed E-state index contributed by atoms with van der Waals surface area (Å²) < 4.78 is 9.93. The molecule has 0 aromatic carbocycles. The number of hydrogen-bond acceptors (Lipinski definition) is 7. The van der Waals surface area contributed by atoms with Gasteiger partial charge in [-0.1, -0.05) is 17.3 Å². The van der Waals surface area contributed by atoms with E-state index in [9.17, 15) is 4.79 Å². The molecule has 3 rings (SSSR count). The van der Waals surface area contributed by atoms with Crippen molar-refractivity contribution in [2.75, 3.05) is 7.11 Å². The van der Waals surface area contributed by atoms with Crippen molar-refractivity contribution in [3.8, 4) is 17.1 Å². The molecular weight excluding hydrogens is 346 g/mol. The van der Waals surface area contributed by atoms with Gasteiger partial charge in [-0.05, 0) is 25.0 Å². The third-order valence-electron chi connectivity index (χ3n) is 4.01. The summed E-state index contributed by atoms with van der Waals surface area (Å²) in [7, 11) is 1.57. The van der Waals surface area contributed by atoms with E-state index in [1.807, 2.05) is 24.3 Å². The molecule has 3 aromatic heterocycles. The van der Waals surface area contributed by atoms with E-state index in [2.05, 4.69) is 24.6 Å². The molecule has 1 atom stereocenters. The van der Waals surface area contributed by atoms with Crippen LogP contribution in [0, 0.1) is 0 Å². The number of pyridine rings is 1. The fourth-order valence-electron chi connectivity index (χ4n) is 2.58. The van der Waals surface area contributed by atoms with Crippen LogP contribution in [0.15, 0.2) is 53.5 Å². The Morgan fingerprint density at radius 2 is 2.30 bits per heavy atom. The summed E-state index contributed by atoms with van der Waals surface area (Å²) in [6.07, 6.45) is 10.3. The number of aromatic amines is 1. The van der Waals surface area contributed by atoms with Gasteiger partial charge in [0.05, 0.1) is 24.4 Å². The lowest BCUT2D eigenvalue weighted by atomic mass is 10.1. The van der Waals surface area contributed by atoms with E-state index in [1.165, 1.54) is 6.26 Å². The van der Waals surface area contributed by atoms with Crippen LogP contribution in [0.5, 0.6) is 5.88 Å². The van der Waals surface area contributed by atoms with Crippen molar-refractivity contribution in [2.45, 2.75) is 25.3 Å². The Morgan fingerprint density at radius 3 is 3.07 bits per heavy atom. The van der Waals surface area contributed by atoms with Crippen LogP contribution in [-0.2, 0) is 0 Å². The number of hydrogen-bond donors (Lipinski definition) is 2. The van der Waals surface area contributed by atoms with Crippen molar-refractivity contribution in [1.29, 1.82) is 0 Å². The molecule has 3 heterocycles. The van der Waals surface area contributed by atoms with Gasteiger partial charge in [-0.15, -0.1) is 0 Å². The predicted molar refractivity (Wildman–Crippen MR) is 99.1 cm³/mol. The molecule has 0 bridgehead atoms. The maximum absolute atomic E-state index is 11.8. The SMILES string of the molecule is COc1ncccc1-c1c[nH]c(C(N)CC=CCCC(=O)c2ccon2)n1. The molecular formula is C19H21N5O3. The third-order valence-corrected chi connectivity index (χ3v) is 4.01. The van der Waals surface area contributed by atoms with Crippen LogP contribution in [0.4, 0.5) is 0 Å². The molecule has 0 saturated carbocycles. The van der Waals surface area contributed by atoms with Crippen molar-refractivity contribution in [2.24, 2.45) is 5.73 Å². The molecule has 0 aliphatic heterocycles. The Hall–Kier alpha value is -3.26. The van der Waals surface area contributed by atoms with Crippen LogP contribution in [0.3, 0.4) is 0 Å². The number of H-pyrrole nitrogens is 1. The van der Waals surface area contributed by atoms with E-state index in [0.717, 1.165) is 11.3 Å². The van der Waals surface area contributed by atoms with Crippen molar-refractivity contribution in [1.82, 2.24) is 20.1 Å². The zero-order valence-corrected chi connectivity index (χ0v) is 15.0. The lowest BCUT2D eigenvalue weighted by Gasteiger charge is -2.05. The highest BCUT2D eigenvalue weighted by molar-refractivity contribution is 5.93. The smallest absolute Gasteiger partial charge is 0.222 e. The molecule has 3 N–H and O–H groups in total. The summed E-state index contributed by atoms with van der Waals surface area (Å²) in [4.78, 5) is 23.6. The number of carbonyl (C=O) groups excluding carboxylic acids is 1. The molecule has 8 heteroatoms. The summed E-state index contributed by atoms with van der Waals surface area (Å²) >= 11 is 0. The summed E-state index contributed by atoms with van der Waals surface area (Å²) in [5, 5.41) is 3.63. The Labute approximate surface area is 156 Å². The van der Waals surface area contributed by atoms with E-state index in [0.29, 0.717) is 36.7 Å². The number of aromatic nitrogens is 4. The van der Waals surface area contributed by atoms with Crippen molar-refractivity contribution >= 4 is 5.78 Å². The van der Waals surface area contributed by atoms with Gasteiger partial charge in [0, 0.05) is 24.9 Å². The fourth-order valence-corrected chi connectivity index (χ4v) is 2.58. The number of ether oxygens (including phenoxy) is 1. The van der Waals surface area contributed by atoms with Crippen LogP contribution in [0.1, 0.15) is 41.6 Å². The zero-order valence-electron chi connectivity index (χ0n) is 15.0. The van der Waals surface area contributed by atoms with E-state index < -0.39 is 0 Å². The maximum atomic E-state index is 11.8. The Morgan fingerprint density at radius 1 is 1.41 bits per heavy atom. The van der Waals surface area contributed by atoms with Gasteiger partial charge in [0.25, 0.3) is 0 Å². The number of nitrogens with two attached hydrogens (primary N) is 1. The Bertz CT molecular complexity index is 902. The van der Waals surface area contributed by atoms with Crippen LogP contribution in [0.2, 0.25) is 0 Å². The summed E-state index contributed by atoms with van der Waals surface area (Å²) in [5.74, 6) is 1.15. The number of allylic oxidation sites excluding steroid dienone is 1. The van der Waals surface area contributed by atoms with Gasteiger partial charge in [0.1, 0.15) is 17.8 Å². The molecule has 0 spiro atoms. The van der Waals surface area contributed by atoms with E-state index in [1.54, 1.807) is 25.6 Å². The minimum absolute atomic E-state index is 0.0428. The molecule has 0 radical (unpaired) electrons. The van der Waals surface area contributed by atoms with Crippen LogP contribution in [-0.4, -0.2) is 33.0 Å². The number of ketones is 1. The second kappa shape index (κ2) is 8.91. The standard InChI is InChI=1S/C19H21N5O3/c1-26-19-13(6-5-10-21-19)16-12-22-18(23-16)14(20)7-3-2-4-8-17(25)15-9-11-27-24-15/h2-3,5-6,9-12,14H,4,7-8,20H2,1H3,(H,22,23). The van der Waals surface area contributed by atoms with Gasteiger partial charge in [-0.25, -0.2) is 9.97 Å². The molecule has 27 heavy (non-hydrogen) atoms. The number of nitrogens with zero attached hydrogens (tertiary/aromatic N) is 3. The molecule has 140 valence electrons. The molecule has 0 amide bonds. The van der Waals surface area contributed by atoms with Gasteiger partial charge in [0.2, 0.25) is 5.88 Å². The fraction of sp³-hybridized carbons (Fsp3) is 0.263. The van der Waals surface area contributed by atoms with Crippen LogP contribution in [0.25, 0.3) is 11.3 Å². The first-order valence-corrected chi connectivity index (χ1v) is 8.58. The Kier molecular flexibility index (Phi) is 6.11. The van der Waals surface area contributed by atoms with Gasteiger partial charge >= 0.3 is 0 Å². The zero-order chi connectivity index (χ0) is 19.1. The first kappa shape index (κ1) is 18.5. The summed E-state index contributed by atoms with van der Waals surface area (Å²) in [6.45, 7) is 0. The van der Waals surface area contributed by atoms with Crippen LogP contribution >= 0.6 is 0 Å². The predicted octanol–water partition coefficient (Wildman–Crippen LogP) is 3.08. The lowest BCUT2D eigenvalue weighted by Crippen LogP contribution is -2.10. The van der Waals surface area contributed by atoms with E-state index in [4.69, 9.17) is 10.5 Å². The molecule has 1 unspecified atom stereocenters. The average Bonchev–Trinajstić information content (AvgIpc) is 3.39. The van der Waals surface area contributed by atoms with Gasteiger partial charge in [0.15, 0.2) is 5.78 Å². The molecule has 0 fully saturated rings. The highest BCUT2D eigenvalue weighted by atomic mass is 16.5. The minimum atomic E-state index is -0.274. The highest BCUT2D eigenvalue weighted by Crippen LogP contribution is 2.26. The first-order chi connectivity index (χ1) is 13.2. The lowest BCUT2D eigenvalue weighted by molar-refractivity contribution is 0.0975. The second-order valence-electron chi connectivity index (χ2n) is 5.89. The molecule has 0 aliphatic rings. The van der Waals surface area contributed by atoms with Crippen molar-refractivity contribution in [3.05, 3.63) is 60.5 Å². The van der Waals surface area contributed by atoms with Gasteiger partial charge in [-0.3, -0.25) is 4.79 Å². The average molecular weight is 367 g/mol. The number of imidazole rings is 1. The largest absolute Gasteiger partial charge is 0.481 e. The first-order valence-electron chi connectivity index (χ1n) is 8.58. The number of Topliss-reactive ketones (excluding diaryl/α,β-unsaturated/α-hetero) is 1. The normalized spacial score (nSPS) is 12.4. The van der Waals surface area contributed by atoms with E-state index in [-0.39, 0.29) is 11.8 Å². The number of carbonyl (C=O) groups is 1. The number of nitrogens with one attached hydrogen (secondary N) is 1. The number of methoxy groups -OCH3 is 1. The Balaban J connectivity index is 1.52. The molecule has 0 saturated heterocycles. The molecule has 0 aliphatic carbocycles. The topological polar surface area (TPSA) is 120 Å². The van der Waals surface area contributed by atoms with Gasteiger partial charge in [-0.2, -0.15) is 0 Å². The van der Waals surface area contributed by atoms with Crippen molar-refractivity contribution in [3.63, 3.8) is 0 Å². The third kappa shape index (κ3) is 4.68. The quantitative estimate of drug-likeness (QED) is 0.440. The van der Waals surface area contributed by atoms with Crippen LogP contribution < -0.4 is 10.5 Å². The maximum Gasteiger partial charge on any atom is 0.222 e. The summed E-state index contributed by atoms with van der Waals surface area (Å²) in [6, 6.07) is 5.01. The minimum Gasteiger partial charge on any atom is -0.481 e. The van der Waals surface area contributed by atoms with E-state index >= 15 is 0 Å². The monoisotopic (exact) mass is 367 g/mol. The van der Waals surface area contributed by atoms with Crippen molar-refractivity contribution < 1.29 is 14.1 Å². The molecule has 8 nitrogen and oxygen atoms in total. The van der Waals surface area contributed by atoms with Gasteiger partial charge < -0.3 is 20.0 Å². The summed E-state index contributed by atoms with van der Waals surface area (Å²) in [5.41, 5.74) is 8.08. The highest BCUT2D eigenvalue weighted by Gasteiger charge is 2.13. The number of rotatable bonds is 9.